The minimum atomic E-state index is -0.482. The number of furan rings is 1. The lowest BCUT2D eigenvalue weighted by molar-refractivity contribution is 0.103. The molecule has 0 aliphatic rings. The number of allylic oxidation sites excluding steroid dienone is 1. The minimum absolute atomic E-state index is 0.0489. The number of aliphatic hydroxyl groups excluding tert-OH is 1. The van der Waals surface area contributed by atoms with Gasteiger partial charge in [-0.3, -0.25) is 9.89 Å². The fourth-order valence-corrected chi connectivity index (χ4v) is 2.70. The number of carbonyl (C=O) groups excluding carboxylic acids is 1. The predicted molar refractivity (Wildman–Crippen MR) is 85.0 cm³/mol. The Hall–Kier alpha value is -3.00. The molecule has 0 saturated heterocycles. The lowest BCUT2D eigenvalue weighted by atomic mass is 10.2. The van der Waals surface area contributed by atoms with E-state index in [1.165, 1.54) is 30.6 Å². The van der Waals surface area contributed by atoms with Crippen molar-refractivity contribution in [2.75, 3.05) is 5.73 Å². The van der Waals surface area contributed by atoms with Gasteiger partial charge in [0.25, 0.3) is 0 Å². The number of hydrogen-bond donors (Lipinski definition) is 3. The molecule has 0 spiro atoms. The number of H-pyrrole nitrogens is 1. The van der Waals surface area contributed by atoms with E-state index < -0.39 is 5.78 Å². The number of benzene rings is 1. The molecular formula is C15H12N4O3S. The Kier molecular flexibility index (Phi) is 4.15. The molecule has 4 N–H and O–H groups in total. The van der Waals surface area contributed by atoms with Gasteiger partial charge < -0.3 is 15.3 Å². The van der Waals surface area contributed by atoms with Crippen molar-refractivity contribution in [2.45, 2.75) is 9.79 Å². The summed E-state index contributed by atoms with van der Waals surface area (Å²) in [6, 6.07) is 7.28. The average Bonchev–Trinajstić information content (AvgIpc) is 3.20. The van der Waals surface area contributed by atoms with Gasteiger partial charge in [-0.15, -0.1) is 0 Å². The van der Waals surface area contributed by atoms with Crippen LogP contribution < -0.4 is 5.73 Å². The molecule has 0 radical (unpaired) electrons. The molecule has 3 aromatic rings. The van der Waals surface area contributed by atoms with Gasteiger partial charge in [-0.25, -0.2) is 4.98 Å². The first-order valence-electron chi connectivity index (χ1n) is 6.54. The Morgan fingerprint density at radius 1 is 1.30 bits per heavy atom. The highest BCUT2D eigenvalue weighted by Gasteiger charge is 2.14. The first-order chi connectivity index (χ1) is 11.1. The molecule has 3 rings (SSSR count). The van der Waals surface area contributed by atoms with Gasteiger partial charge in [0.15, 0.2) is 5.82 Å². The van der Waals surface area contributed by atoms with E-state index in [9.17, 15) is 9.90 Å². The van der Waals surface area contributed by atoms with Crippen LogP contribution in [0.5, 0.6) is 0 Å². The molecule has 2 aromatic heterocycles. The summed E-state index contributed by atoms with van der Waals surface area (Å²) in [7, 11) is 0. The van der Waals surface area contributed by atoms with E-state index in [4.69, 9.17) is 10.2 Å². The molecule has 0 amide bonds. The van der Waals surface area contributed by atoms with E-state index in [-0.39, 0.29) is 11.6 Å². The number of nitrogen functional groups attached to an aromatic ring is 1. The summed E-state index contributed by atoms with van der Waals surface area (Å²) < 4.78 is 5.14. The molecule has 0 aliphatic carbocycles. The van der Waals surface area contributed by atoms with Crippen molar-refractivity contribution in [3.8, 4) is 0 Å². The van der Waals surface area contributed by atoms with Gasteiger partial charge in [0.05, 0.1) is 10.5 Å². The molecule has 0 unspecified atom stereocenters. The van der Waals surface area contributed by atoms with Crippen LogP contribution in [0.4, 0.5) is 5.69 Å². The van der Waals surface area contributed by atoms with Gasteiger partial charge >= 0.3 is 0 Å². The number of hydrogen-bond acceptors (Lipinski definition) is 7. The average molecular weight is 328 g/mol. The van der Waals surface area contributed by atoms with E-state index in [2.05, 4.69) is 15.2 Å². The number of ketones is 1. The Balaban J connectivity index is 1.82. The van der Waals surface area contributed by atoms with E-state index in [0.29, 0.717) is 16.1 Å². The van der Waals surface area contributed by atoms with Crippen molar-refractivity contribution < 1.29 is 14.3 Å². The van der Waals surface area contributed by atoms with E-state index in [1.54, 1.807) is 12.1 Å². The van der Waals surface area contributed by atoms with Crippen molar-refractivity contribution in [2.24, 2.45) is 0 Å². The molecule has 8 heteroatoms. The number of anilines is 1. The second-order valence-electron chi connectivity index (χ2n) is 4.55. The maximum absolute atomic E-state index is 11.9. The number of aromatic amines is 1. The Labute approximate surface area is 135 Å². The fraction of sp³-hybridized carbons (Fsp3) is 0. The van der Waals surface area contributed by atoms with Gasteiger partial charge in [0.1, 0.15) is 24.6 Å². The van der Waals surface area contributed by atoms with Crippen LogP contribution in [-0.2, 0) is 0 Å². The van der Waals surface area contributed by atoms with E-state index in [0.717, 1.165) is 11.0 Å². The largest absolute Gasteiger partial charge is 0.507 e. The van der Waals surface area contributed by atoms with Crippen molar-refractivity contribution in [3.63, 3.8) is 0 Å². The summed E-state index contributed by atoms with van der Waals surface area (Å²) in [5, 5.41) is 16.2. The molecule has 116 valence electrons. The summed E-state index contributed by atoms with van der Waals surface area (Å²) in [5.74, 6) is -0.643. The van der Waals surface area contributed by atoms with E-state index in [1.807, 2.05) is 12.1 Å². The summed E-state index contributed by atoms with van der Waals surface area (Å²) in [5.41, 5.74) is 6.74. The zero-order valence-corrected chi connectivity index (χ0v) is 12.6. The first-order valence-corrected chi connectivity index (χ1v) is 7.35. The lowest BCUT2D eigenvalue weighted by Crippen LogP contribution is -1.99. The van der Waals surface area contributed by atoms with Crippen LogP contribution in [-0.4, -0.2) is 26.1 Å². The van der Waals surface area contributed by atoms with Gasteiger partial charge in [-0.05, 0) is 24.3 Å². The molecule has 1 aromatic carbocycles. The number of nitrogens with zero attached hydrogens (tertiary/aromatic N) is 2. The number of aromatic nitrogens is 3. The third-order valence-corrected chi connectivity index (χ3v) is 3.97. The van der Waals surface area contributed by atoms with Crippen molar-refractivity contribution >= 4 is 29.0 Å². The highest BCUT2D eigenvalue weighted by molar-refractivity contribution is 7.99. The molecule has 0 aliphatic heterocycles. The normalized spacial score (nSPS) is 11.6. The van der Waals surface area contributed by atoms with Gasteiger partial charge in [-0.1, -0.05) is 11.8 Å². The molecule has 2 heterocycles. The highest BCUT2D eigenvalue weighted by Crippen LogP contribution is 2.34. The van der Waals surface area contributed by atoms with Crippen LogP contribution in [0.3, 0.4) is 0 Å². The molecule has 0 atom stereocenters. The second-order valence-corrected chi connectivity index (χ2v) is 5.66. The van der Waals surface area contributed by atoms with Gasteiger partial charge in [0, 0.05) is 16.7 Å². The van der Waals surface area contributed by atoms with Gasteiger partial charge in [0.2, 0.25) is 5.78 Å². The third-order valence-electron chi connectivity index (χ3n) is 2.93. The number of rotatable bonds is 5. The molecule has 7 nitrogen and oxygen atoms in total. The molecular weight excluding hydrogens is 316 g/mol. The maximum Gasteiger partial charge on any atom is 0.226 e. The van der Waals surface area contributed by atoms with Crippen LogP contribution in [0, 0.1) is 0 Å². The lowest BCUT2D eigenvalue weighted by Gasteiger charge is -2.02. The Bertz CT molecular complexity index is 838. The van der Waals surface area contributed by atoms with Crippen LogP contribution in [0.15, 0.2) is 63.4 Å². The van der Waals surface area contributed by atoms with Gasteiger partial charge in [-0.2, -0.15) is 5.10 Å². The van der Waals surface area contributed by atoms with Crippen molar-refractivity contribution in [1.29, 1.82) is 0 Å². The molecule has 0 bridgehead atoms. The third kappa shape index (κ3) is 3.43. The van der Waals surface area contributed by atoms with Crippen LogP contribution in [0.1, 0.15) is 16.2 Å². The highest BCUT2D eigenvalue weighted by atomic mass is 32.2. The van der Waals surface area contributed by atoms with Crippen LogP contribution >= 0.6 is 11.8 Å². The van der Waals surface area contributed by atoms with Crippen LogP contribution in [0.25, 0.3) is 5.76 Å². The fourth-order valence-electron chi connectivity index (χ4n) is 1.81. The number of nitrogens with two attached hydrogens (primary N) is 1. The molecule has 0 saturated carbocycles. The second kappa shape index (κ2) is 6.41. The van der Waals surface area contributed by atoms with Crippen LogP contribution in [0.2, 0.25) is 0 Å². The first kappa shape index (κ1) is 14.9. The topological polar surface area (TPSA) is 118 Å². The zero-order chi connectivity index (χ0) is 16.2. The molecule has 23 heavy (non-hydrogen) atoms. The smallest absolute Gasteiger partial charge is 0.226 e. The summed E-state index contributed by atoms with van der Waals surface area (Å²) in [4.78, 5) is 17.2. The Morgan fingerprint density at radius 2 is 2.09 bits per heavy atom. The standard InChI is InChI=1S/C15H12N4O3S/c16-9-1-3-10(4-2-9)23-14-7-22-6-11(14)12(20)5-13(21)15-17-8-18-19-15/h1-8,20H,16H2,(H,17,18,19). The summed E-state index contributed by atoms with van der Waals surface area (Å²) >= 11 is 1.39. The number of nitrogens with one attached hydrogen (secondary N) is 1. The summed E-state index contributed by atoms with van der Waals surface area (Å²) in [6.45, 7) is 0. The van der Waals surface area contributed by atoms with Crippen molar-refractivity contribution in [1.82, 2.24) is 15.2 Å². The summed E-state index contributed by atoms with van der Waals surface area (Å²) in [6.07, 6.45) is 5.16. The predicted octanol–water partition coefficient (Wildman–Crippen LogP) is 2.91. The number of aliphatic hydroxyl groups is 1. The minimum Gasteiger partial charge on any atom is -0.507 e. The SMILES string of the molecule is Nc1ccc(Sc2cocc2C(O)=CC(=O)c2ncn[nH]2)cc1. The Morgan fingerprint density at radius 3 is 2.78 bits per heavy atom. The van der Waals surface area contributed by atoms with Crippen molar-refractivity contribution in [3.05, 3.63) is 60.6 Å². The molecule has 0 fully saturated rings. The maximum atomic E-state index is 11.9. The van der Waals surface area contributed by atoms with E-state index >= 15 is 0 Å². The quantitative estimate of drug-likeness (QED) is 0.285. The monoisotopic (exact) mass is 328 g/mol. The number of carbonyl (C=O) groups is 1. The zero-order valence-electron chi connectivity index (χ0n) is 11.8.